The van der Waals surface area contributed by atoms with Crippen molar-refractivity contribution in [3.63, 3.8) is 0 Å². The van der Waals surface area contributed by atoms with Crippen molar-refractivity contribution in [2.75, 3.05) is 37.7 Å². The summed E-state index contributed by atoms with van der Waals surface area (Å²) in [6.45, 7) is 6.93. The number of nitrogens with one attached hydrogen (secondary N) is 2. The summed E-state index contributed by atoms with van der Waals surface area (Å²) in [7, 11) is 0. The van der Waals surface area contributed by atoms with Crippen molar-refractivity contribution in [2.24, 2.45) is 10.9 Å². The molecule has 4 rings (SSSR count). The van der Waals surface area contributed by atoms with Gasteiger partial charge in [0.25, 0.3) is 0 Å². The van der Waals surface area contributed by atoms with Crippen LogP contribution in [0.1, 0.15) is 43.7 Å². The number of anilines is 1. The lowest BCUT2D eigenvalue weighted by atomic mass is 9.96. The lowest BCUT2D eigenvalue weighted by Gasteiger charge is -2.32. The Morgan fingerprint density at radius 2 is 1.72 bits per heavy atom. The molecular weight excluding hydrogens is 511 g/mol. The van der Waals surface area contributed by atoms with Crippen LogP contribution in [-0.4, -0.2) is 43.9 Å². The Labute approximate surface area is 209 Å². The van der Waals surface area contributed by atoms with Crippen molar-refractivity contribution < 1.29 is 5.11 Å². The molecule has 0 atom stereocenters. The van der Waals surface area contributed by atoms with E-state index in [1.54, 1.807) is 0 Å². The fourth-order valence-corrected chi connectivity index (χ4v) is 4.46. The van der Waals surface area contributed by atoms with E-state index in [4.69, 9.17) is 4.99 Å². The second-order valence-electron chi connectivity index (χ2n) is 8.97. The number of aliphatic hydroxyl groups is 1. The second-order valence-corrected chi connectivity index (χ2v) is 8.97. The Balaban J connectivity index is 0.00000289. The predicted octanol–water partition coefficient (Wildman–Crippen LogP) is 4.30. The van der Waals surface area contributed by atoms with Gasteiger partial charge in [-0.05, 0) is 61.8 Å². The van der Waals surface area contributed by atoms with Crippen LogP contribution >= 0.6 is 24.0 Å². The Hall–Kier alpha value is -1.80. The highest BCUT2D eigenvalue weighted by atomic mass is 127. The highest BCUT2D eigenvalue weighted by Crippen LogP contribution is 2.47. The van der Waals surface area contributed by atoms with Crippen molar-refractivity contribution in [3.05, 3.63) is 65.7 Å². The average Bonchev–Trinajstić information content (AvgIpc) is 3.63. The third-order valence-electron chi connectivity index (χ3n) is 6.77. The van der Waals surface area contributed by atoms with E-state index in [0.29, 0.717) is 19.1 Å². The molecule has 2 fully saturated rings. The first kappa shape index (κ1) is 24.8. The quantitative estimate of drug-likeness (QED) is 0.262. The van der Waals surface area contributed by atoms with Crippen molar-refractivity contribution in [1.29, 1.82) is 0 Å². The van der Waals surface area contributed by atoms with Crippen molar-refractivity contribution in [1.82, 2.24) is 10.6 Å². The van der Waals surface area contributed by atoms with Crippen LogP contribution in [0.2, 0.25) is 0 Å². The lowest BCUT2D eigenvalue weighted by molar-refractivity contribution is 0.203. The lowest BCUT2D eigenvalue weighted by Crippen LogP contribution is -2.41. The molecule has 1 saturated heterocycles. The number of halogens is 1. The summed E-state index contributed by atoms with van der Waals surface area (Å²) in [4.78, 5) is 7.24. The van der Waals surface area contributed by atoms with E-state index in [1.165, 1.54) is 29.7 Å². The number of aliphatic hydroxyl groups excluding tert-OH is 1. The molecule has 174 valence electrons. The topological polar surface area (TPSA) is 59.9 Å². The Morgan fingerprint density at radius 3 is 2.31 bits per heavy atom. The molecule has 2 aliphatic rings. The molecule has 0 amide bonds. The first-order valence-corrected chi connectivity index (χ1v) is 11.7. The SMILES string of the molecule is CCNC(=NCc1ccc(N2CCC(CO)CC2)cc1)NCC1(c2ccccc2)CC1.I. The van der Waals surface area contributed by atoms with E-state index in [9.17, 15) is 5.11 Å². The number of rotatable bonds is 8. The van der Waals surface area contributed by atoms with Gasteiger partial charge in [0.2, 0.25) is 0 Å². The summed E-state index contributed by atoms with van der Waals surface area (Å²) in [5, 5.41) is 16.3. The summed E-state index contributed by atoms with van der Waals surface area (Å²) in [5.74, 6) is 1.36. The molecule has 5 nitrogen and oxygen atoms in total. The van der Waals surface area contributed by atoms with E-state index < -0.39 is 0 Å². The molecule has 32 heavy (non-hydrogen) atoms. The summed E-state index contributed by atoms with van der Waals surface area (Å²) in [6, 6.07) is 19.6. The second kappa shape index (κ2) is 11.9. The Bertz CT molecular complexity index is 844. The summed E-state index contributed by atoms with van der Waals surface area (Å²) >= 11 is 0. The zero-order chi connectivity index (χ0) is 21.5. The maximum atomic E-state index is 9.33. The largest absolute Gasteiger partial charge is 0.396 e. The van der Waals surface area contributed by atoms with Gasteiger partial charge < -0.3 is 20.6 Å². The molecule has 0 bridgehead atoms. The molecule has 6 heteroatoms. The maximum absolute atomic E-state index is 9.33. The first-order chi connectivity index (χ1) is 15.2. The van der Waals surface area contributed by atoms with Crippen LogP contribution in [0.5, 0.6) is 0 Å². The molecule has 1 heterocycles. The van der Waals surface area contributed by atoms with Gasteiger partial charge in [-0.25, -0.2) is 4.99 Å². The molecular formula is C26H37IN4O. The smallest absolute Gasteiger partial charge is 0.191 e. The van der Waals surface area contributed by atoms with Gasteiger partial charge in [0.1, 0.15) is 0 Å². The van der Waals surface area contributed by atoms with Crippen LogP contribution in [0.3, 0.4) is 0 Å². The Morgan fingerprint density at radius 1 is 1.03 bits per heavy atom. The highest BCUT2D eigenvalue weighted by molar-refractivity contribution is 14.0. The summed E-state index contributed by atoms with van der Waals surface area (Å²) in [6.07, 6.45) is 4.62. The first-order valence-electron chi connectivity index (χ1n) is 11.7. The number of hydrogen-bond donors (Lipinski definition) is 3. The highest BCUT2D eigenvalue weighted by Gasteiger charge is 2.44. The fourth-order valence-electron chi connectivity index (χ4n) is 4.46. The summed E-state index contributed by atoms with van der Waals surface area (Å²) < 4.78 is 0. The standard InChI is InChI=1S/C26H36N4O.HI/c1-2-27-25(29-20-26(14-15-26)23-6-4-3-5-7-23)28-18-21-8-10-24(11-9-21)30-16-12-22(19-31)13-17-30;/h3-11,22,31H,2,12-20H2,1H3,(H2,27,28,29);1H. The van der Waals surface area contributed by atoms with Crippen LogP contribution < -0.4 is 15.5 Å². The molecule has 1 aliphatic heterocycles. The number of piperidine rings is 1. The normalized spacial score (nSPS) is 18.1. The van der Waals surface area contributed by atoms with E-state index in [-0.39, 0.29) is 29.4 Å². The van der Waals surface area contributed by atoms with Gasteiger partial charge in [-0.2, -0.15) is 0 Å². The number of nitrogens with zero attached hydrogens (tertiary/aromatic N) is 2. The van der Waals surface area contributed by atoms with E-state index >= 15 is 0 Å². The maximum Gasteiger partial charge on any atom is 0.191 e. The molecule has 2 aromatic rings. The zero-order valence-corrected chi connectivity index (χ0v) is 21.4. The van der Waals surface area contributed by atoms with E-state index in [1.807, 2.05) is 0 Å². The van der Waals surface area contributed by atoms with Gasteiger partial charge in [-0.1, -0.05) is 42.5 Å². The monoisotopic (exact) mass is 548 g/mol. The van der Waals surface area contributed by atoms with Gasteiger partial charge in [0.15, 0.2) is 5.96 Å². The number of guanidine groups is 1. The third kappa shape index (κ3) is 6.38. The van der Waals surface area contributed by atoms with Crippen LogP contribution in [0.25, 0.3) is 0 Å². The number of aliphatic imine (C=N–C) groups is 1. The van der Waals surface area contributed by atoms with Crippen LogP contribution in [0.15, 0.2) is 59.6 Å². The zero-order valence-electron chi connectivity index (χ0n) is 19.1. The van der Waals surface area contributed by atoms with Gasteiger partial charge in [-0.15, -0.1) is 24.0 Å². The molecule has 0 aromatic heterocycles. The summed E-state index contributed by atoms with van der Waals surface area (Å²) in [5.41, 5.74) is 4.18. The minimum absolute atomic E-state index is 0. The molecule has 1 aliphatic carbocycles. The van der Waals surface area contributed by atoms with Gasteiger partial charge in [0.05, 0.1) is 6.54 Å². The molecule has 0 spiro atoms. The molecule has 0 unspecified atom stereocenters. The number of benzene rings is 2. The van der Waals surface area contributed by atoms with Gasteiger partial charge in [-0.3, -0.25) is 0 Å². The van der Waals surface area contributed by atoms with Crippen molar-refractivity contribution in [3.8, 4) is 0 Å². The molecule has 2 aromatic carbocycles. The van der Waals surface area contributed by atoms with Gasteiger partial charge in [0, 0.05) is 43.9 Å². The minimum Gasteiger partial charge on any atom is -0.396 e. The van der Waals surface area contributed by atoms with Crippen LogP contribution in [0, 0.1) is 5.92 Å². The third-order valence-corrected chi connectivity index (χ3v) is 6.77. The molecule has 1 saturated carbocycles. The van der Waals surface area contributed by atoms with Crippen molar-refractivity contribution >= 4 is 35.6 Å². The van der Waals surface area contributed by atoms with E-state index in [0.717, 1.165) is 45.0 Å². The van der Waals surface area contributed by atoms with Gasteiger partial charge >= 0.3 is 0 Å². The molecule has 0 radical (unpaired) electrons. The van der Waals surface area contributed by atoms with Crippen LogP contribution in [0.4, 0.5) is 5.69 Å². The van der Waals surface area contributed by atoms with E-state index in [2.05, 4.69) is 77.1 Å². The average molecular weight is 549 g/mol. The van der Waals surface area contributed by atoms with Crippen LogP contribution in [-0.2, 0) is 12.0 Å². The fraction of sp³-hybridized carbons (Fsp3) is 0.500. The predicted molar refractivity (Wildman–Crippen MR) is 144 cm³/mol. The number of hydrogen-bond acceptors (Lipinski definition) is 3. The van der Waals surface area contributed by atoms with Crippen molar-refractivity contribution in [2.45, 2.75) is 44.6 Å². The molecule has 3 N–H and O–H groups in total. The minimum atomic E-state index is 0. The Kier molecular flexibility index (Phi) is 9.22.